The molecule has 0 aromatic rings. The van der Waals surface area contributed by atoms with Crippen LogP contribution >= 0.6 is 0 Å². The van der Waals surface area contributed by atoms with Crippen molar-refractivity contribution in [2.24, 2.45) is 5.92 Å². The van der Waals surface area contributed by atoms with E-state index in [1.807, 2.05) is 13.8 Å². The van der Waals surface area contributed by atoms with Gasteiger partial charge in [-0.05, 0) is 19.3 Å². The Bertz CT molecular complexity index is 263. The highest BCUT2D eigenvalue weighted by Crippen LogP contribution is 2.17. The lowest BCUT2D eigenvalue weighted by Crippen LogP contribution is -2.42. The smallest absolute Gasteiger partial charge is 0.328 e. The number of likely N-dealkylation sites (tertiary alicyclic amines) is 1. The van der Waals surface area contributed by atoms with Crippen LogP contribution in [-0.4, -0.2) is 46.8 Å². The number of aliphatic hydroxyl groups excluding tert-OH is 1. The third kappa shape index (κ3) is 4.01. The van der Waals surface area contributed by atoms with Crippen LogP contribution in [0.1, 0.15) is 20.3 Å². The van der Waals surface area contributed by atoms with Gasteiger partial charge < -0.3 is 10.2 Å². The molecule has 0 spiro atoms. The second kappa shape index (κ2) is 5.28. The van der Waals surface area contributed by atoms with Gasteiger partial charge in [-0.3, -0.25) is 4.90 Å². The Hall–Kier alpha value is -0.870. The number of carboxylic acids is 1. The fraction of sp³-hybridized carbons (Fsp3) is 0.727. The number of piperidine rings is 1. The van der Waals surface area contributed by atoms with E-state index in [-0.39, 0.29) is 12.0 Å². The summed E-state index contributed by atoms with van der Waals surface area (Å²) in [5, 5.41) is 18.1. The summed E-state index contributed by atoms with van der Waals surface area (Å²) in [7, 11) is 0. The van der Waals surface area contributed by atoms with Crippen molar-refractivity contribution in [1.29, 1.82) is 0 Å². The number of carbonyl (C=O) groups is 1. The van der Waals surface area contributed by atoms with Crippen LogP contribution < -0.4 is 0 Å². The maximum atomic E-state index is 10.4. The molecule has 0 bridgehead atoms. The molecule has 4 heteroatoms. The Morgan fingerprint density at radius 3 is 2.80 bits per heavy atom. The number of hydrogen-bond donors (Lipinski definition) is 2. The fourth-order valence-electron chi connectivity index (χ4n) is 1.97. The average Bonchev–Trinajstić information content (AvgIpc) is 2.10. The Morgan fingerprint density at radius 2 is 2.27 bits per heavy atom. The summed E-state index contributed by atoms with van der Waals surface area (Å²) in [5.74, 6) is -0.617. The zero-order valence-corrected chi connectivity index (χ0v) is 9.31. The molecule has 0 aromatic carbocycles. The van der Waals surface area contributed by atoms with E-state index in [9.17, 15) is 9.90 Å². The molecule has 15 heavy (non-hydrogen) atoms. The largest absolute Gasteiger partial charge is 0.478 e. The van der Waals surface area contributed by atoms with E-state index >= 15 is 0 Å². The number of carboxylic acid groups (broad SMARTS) is 1. The summed E-state index contributed by atoms with van der Waals surface area (Å²) < 4.78 is 0. The Labute approximate surface area is 90.2 Å². The molecule has 0 saturated carbocycles. The second-order valence-electron chi connectivity index (χ2n) is 4.40. The molecule has 1 heterocycles. The molecular weight excluding hydrogens is 194 g/mol. The van der Waals surface area contributed by atoms with Gasteiger partial charge in [0.2, 0.25) is 0 Å². The van der Waals surface area contributed by atoms with E-state index in [0.29, 0.717) is 6.54 Å². The molecule has 0 aromatic heterocycles. The highest BCUT2D eigenvalue weighted by Gasteiger charge is 2.23. The van der Waals surface area contributed by atoms with E-state index < -0.39 is 5.97 Å². The summed E-state index contributed by atoms with van der Waals surface area (Å²) in [6.07, 6.45) is 1.82. The first-order valence-corrected chi connectivity index (χ1v) is 5.29. The van der Waals surface area contributed by atoms with Crippen LogP contribution in [0.4, 0.5) is 0 Å². The summed E-state index contributed by atoms with van der Waals surface area (Å²) in [6.45, 7) is 6.21. The van der Waals surface area contributed by atoms with Crippen LogP contribution in [0.5, 0.6) is 0 Å². The van der Waals surface area contributed by atoms with Gasteiger partial charge in [0.1, 0.15) is 0 Å². The van der Waals surface area contributed by atoms with E-state index in [1.165, 1.54) is 6.08 Å². The standard InChI is InChI=1S/C11H19NO3/c1-8(5-11(14)15)6-12-4-3-10(13)9(2)7-12/h5,9-10,13H,3-4,6-7H2,1-2H3,(H,14,15). The monoisotopic (exact) mass is 213 g/mol. The minimum absolute atomic E-state index is 0.204. The molecule has 1 aliphatic heterocycles. The van der Waals surface area contributed by atoms with Gasteiger partial charge in [-0.25, -0.2) is 4.79 Å². The van der Waals surface area contributed by atoms with E-state index in [2.05, 4.69) is 4.90 Å². The zero-order chi connectivity index (χ0) is 11.4. The summed E-state index contributed by atoms with van der Waals surface area (Å²) in [4.78, 5) is 12.6. The Kier molecular flexibility index (Phi) is 4.29. The van der Waals surface area contributed by atoms with Gasteiger partial charge in [0, 0.05) is 25.7 Å². The topological polar surface area (TPSA) is 60.8 Å². The van der Waals surface area contributed by atoms with Gasteiger partial charge in [-0.15, -0.1) is 0 Å². The van der Waals surface area contributed by atoms with Crippen molar-refractivity contribution < 1.29 is 15.0 Å². The summed E-state index contributed by atoms with van der Waals surface area (Å²) >= 11 is 0. The highest BCUT2D eigenvalue weighted by molar-refractivity contribution is 5.80. The molecule has 1 rings (SSSR count). The van der Waals surface area contributed by atoms with Crippen molar-refractivity contribution in [2.75, 3.05) is 19.6 Å². The Balaban J connectivity index is 2.43. The van der Waals surface area contributed by atoms with Crippen LogP contribution in [-0.2, 0) is 4.79 Å². The zero-order valence-electron chi connectivity index (χ0n) is 9.31. The van der Waals surface area contributed by atoms with Crippen molar-refractivity contribution in [3.63, 3.8) is 0 Å². The van der Waals surface area contributed by atoms with Crippen molar-refractivity contribution in [1.82, 2.24) is 4.90 Å². The SMILES string of the molecule is CC(=CC(=O)O)CN1CCC(O)C(C)C1. The molecule has 1 aliphatic rings. The van der Waals surface area contributed by atoms with Crippen molar-refractivity contribution >= 4 is 5.97 Å². The van der Waals surface area contributed by atoms with Crippen LogP contribution in [0.25, 0.3) is 0 Å². The van der Waals surface area contributed by atoms with Gasteiger partial charge in [0.25, 0.3) is 0 Å². The molecule has 4 nitrogen and oxygen atoms in total. The van der Waals surface area contributed by atoms with Gasteiger partial charge >= 0.3 is 5.97 Å². The van der Waals surface area contributed by atoms with Crippen molar-refractivity contribution in [2.45, 2.75) is 26.4 Å². The van der Waals surface area contributed by atoms with Gasteiger partial charge in [0.15, 0.2) is 0 Å². The van der Waals surface area contributed by atoms with Gasteiger partial charge in [-0.1, -0.05) is 12.5 Å². The van der Waals surface area contributed by atoms with Crippen LogP contribution in [0, 0.1) is 5.92 Å². The third-order valence-corrected chi connectivity index (χ3v) is 2.79. The molecule has 2 atom stereocenters. The quantitative estimate of drug-likeness (QED) is 0.678. The molecule has 86 valence electrons. The molecule has 2 unspecified atom stereocenters. The minimum Gasteiger partial charge on any atom is -0.478 e. The van der Waals surface area contributed by atoms with Crippen molar-refractivity contribution in [3.05, 3.63) is 11.6 Å². The summed E-state index contributed by atoms with van der Waals surface area (Å²) in [5.41, 5.74) is 0.853. The predicted molar refractivity (Wildman–Crippen MR) is 57.6 cm³/mol. The lowest BCUT2D eigenvalue weighted by Gasteiger charge is -2.34. The maximum absolute atomic E-state index is 10.4. The number of rotatable bonds is 3. The van der Waals surface area contributed by atoms with Crippen LogP contribution in [0.2, 0.25) is 0 Å². The normalized spacial score (nSPS) is 29.1. The number of aliphatic carboxylic acids is 1. The molecule has 1 saturated heterocycles. The fourth-order valence-corrected chi connectivity index (χ4v) is 1.97. The van der Waals surface area contributed by atoms with Crippen molar-refractivity contribution in [3.8, 4) is 0 Å². The lowest BCUT2D eigenvalue weighted by atomic mass is 9.96. The molecule has 0 aliphatic carbocycles. The molecule has 2 N–H and O–H groups in total. The lowest BCUT2D eigenvalue weighted by molar-refractivity contribution is -0.131. The Morgan fingerprint density at radius 1 is 1.60 bits per heavy atom. The van der Waals surface area contributed by atoms with Gasteiger partial charge in [0.05, 0.1) is 6.10 Å². The number of aliphatic hydroxyl groups is 1. The minimum atomic E-state index is -0.891. The highest BCUT2D eigenvalue weighted by atomic mass is 16.4. The number of nitrogens with zero attached hydrogens (tertiary/aromatic N) is 1. The molecule has 0 amide bonds. The maximum Gasteiger partial charge on any atom is 0.328 e. The average molecular weight is 213 g/mol. The second-order valence-corrected chi connectivity index (χ2v) is 4.40. The van der Waals surface area contributed by atoms with E-state index in [1.54, 1.807) is 0 Å². The van der Waals surface area contributed by atoms with Gasteiger partial charge in [-0.2, -0.15) is 0 Å². The number of hydrogen-bond acceptors (Lipinski definition) is 3. The third-order valence-electron chi connectivity index (χ3n) is 2.79. The molecule has 0 radical (unpaired) electrons. The summed E-state index contributed by atoms with van der Waals surface area (Å²) in [6, 6.07) is 0. The van der Waals surface area contributed by atoms with E-state index in [4.69, 9.17) is 5.11 Å². The first-order valence-electron chi connectivity index (χ1n) is 5.29. The van der Waals surface area contributed by atoms with E-state index in [0.717, 1.165) is 25.1 Å². The van der Waals surface area contributed by atoms with Crippen LogP contribution in [0.3, 0.4) is 0 Å². The molecular formula is C11H19NO3. The first kappa shape index (κ1) is 12.2. The molecule has 1 fully saturated rings. The van der Waals surface area contributed by atoms with Crippen LogP contribution in [0.15, 0.2) is 11.6 Å². The predicted octanol–water partition coefficient (Wildman–Crippen LogP) is 0.720. The first-order chi connectivity index (χ1) is 6.99.